The molecule has 0 radical (unpaired) electrons. The number of nitrogens with one attached hydrogen (secondary N) is 2. The zero-order valence-electron chi connectivity index (χ0n) is 13.2. The van der Waals surface area contributed by atoms with Gasteiger partial charge >= 0.3 is 0 Å². The molecule has 0 saturated carbocycles. The summed E-state index contributed by atoms with van der Waals surface area (Å²) in [6.07, 6.45) is 4.23. The number of rotatable bonds is 5. The van der Waals surface area contributed by atoms with Gasteiger partial charge in [0.25, 0.3) is 5.91 Å². The molecule has 6 nitrogen and oxygen atoms in total. The number of aromatic nitrogens is 2. The molecule has 120 valence electrons. The van der Waals surface area contributed by atoms with E-state index in [0.29, 0.717) is 24.0 Å². The summed E-state index contributed by atoms with van der Waals surface area (Å²) in [5, 5.41) is 6.06. The Hall–Kier alpha value is -2.47. The van der Waals surface area contributed by atoms with E-state index in [-0.39, 0.29) is 5.91 Å². The van der Waals surface area contributed by atoms with Gasteiger partial charge in [-0.25, -0.2) is 9.97 Å². The lowest BCUT2D eigenvalue weighted by atomic mass is 10.1. The van der Waals surface area contributed by atoms with Crippen LogP contribution >= 0.6 is 0 Å². The Morgan fingerprint density at radius 2 is 2.00 bits per heavy atom. The summed E-state index contributed by atoms with van der Waals surface area (Å²) < 4.78 is 0. The lowest BCUT2D eigenvalue weighted by Gasteiger charge is -2.11. The average Bonchev–Trinajstić information content (AvgIpc) is 3.00. The van der Waals surface area contributed by atoms with Crippen LogP contribution in [0, 0.1) is 5.92 Å². The van der Waals surface area contributed by atoms with E-state index >= 15 is 0 Å². The largest absolute Gasteiger partial charge is 0.352 e. The van der Waals surface area contributed by atoms with Crippen LogP contribution in [-0.4, -0.2) is 47.5 Å². The van der Waals surface area contributed by atoms with Crippen molar-refractivity contribution < 1.29 is 4.79 Å². The minimum absolute atomic E-state index is 0.120. The minimum atomic E-state index is -0.120. The van der Waals surface area contributed by atoms with Crippen LogP contribution in [-0.2, 0) is 0 Å². The topological polar surface area (TPSA) is 70.2 Å². The molecule has 0 bridgehead atoms. The van der Waals surface area contributed by atoms with Crippen LogP contribution in [0.15, 0.2) is 42.7 Å². The highest BCUT2D eigenvalue weighted by Gasteiger charge is 2.20. The van der Waals surface area contributed by atoms with E-state index in [1.54, 1.807) is 12.4 Å². The number of nitrogens with zero attached hydrogens (tertiary/aromatic N) is 3. The highest BCUT2D eigenvalue weighted by Crippen LogP contribution is 2.14. The van der Waals surface area contributed by atoms with Crippen LogP contribution in [0.1, 0.15) is 16.8 Å². The van der Waals surface area contributed by atoms with Gasteiger partial charge in [-0.2, -0.15) is 0 Å². The molecular formula is C17H21N5O. The third kappa shape index (κ3) is 4.26. The summed E-state index contributed by atoms with van der Waals surface area (Å²) in [7, 11) is 2.11. The smallest absolute Gasteiger partial charge is 0.254 e. The van der Waals surface area contributed by atoms with Gasteiger partial charge in [0, 0.05) is 31.2 Å². The van der Waals surface area contributed by atoms with E-state index in [0.717, 1.165) is 25.2 Å². The number of hydrogen-bond donors (Lipinski definition) is 2. The van der Waals surface area contributed by atoms with Crippen molar-refractivity contribution in [3.05, 3.63) is 48.3 Å². The maximum Gasteiger partial charge on any atom is 0.254 e. The first-order valence-corrected chi connectivity index (χ1v) is 7.81. The number of hydrogen-bond acceptors (Lipinski definition) is 5. The Labute approximate surface area is 135 Å². The van der Waals surface area contributed by atoms with Crippen molar-refractivity contribution in [2.24, 2.45) is 5.92 Å². The third-order valence-corrected chi connectivity index (χ3v) is 3.98. The highest BCUT2D eigenvalue weighted by molar-refractivity contribution is 5.93. The Morgan fingerprint density at radius 1 is 1.26 bits per heavy atom. The molecule has 23 heavy (non-hydrogen) atoms. The molecule has 1 aliphatic heterocycles. The summed E-state index contributed by atoms with van der Waals surface area (Å²) in [6, 6.07) is 9.68. The second-order valence-corrected chi connectivity index (χ2v) is 5.91. The van der Waals surface area contributed by atoms with E-state index in [4.69, 9.17) is 0 Å². The summed E-state index contributed by atoms with van der Waals surface area (Å²) in [4.78, 5) is 22.8. The maximum atomic E-state index is 12.1. The van der Waals surface area contributed by atoms with Crippen LogP contribution in [0.5, 0.6) is 0 Å². The fourth-order valence-electron chi connectivity index (χ4n) is 2.69. The zero-order valence-corrected chi connectivity index (χ0v) is 13.2. The van der Waals surface area contributed by atoms with Crippen molar-refractivity contribution in [2.45, 2.75) is 6.42 Å². The molecule has 0 unspecified atom stereocenters. The van der Waals surface area contributed by atoms with Crippen LogP contribution in [0.25, 0.3) is 0 Å². The molecule has 1 aliphatic rings. The highest BCUT2D eigenvalue weighted by atomic mass is 16.1. The molecule has 2 aromatic rings. The van der Waals surface area contributed by atoms with Crippen LogP contribution in [0.4, 0.5) is 11.6 Å². The molecule has 0 aliphatic carbocycles. The quantitative estimate of drug-likeness (QED) is 0.882. The molecule has 1 saturated heterocycles. The van der Waals surface area contributed by atoms with E-state index in [1.807, 2.05) is 30.3 Å². The van der Waals surface area contributed by atoms with Crippen molar-refractivity contribution in [3.8, 4) is 0 Å². The van der Waals surface area contributed by atoms with Crippen molar-refractivity contribution in [2.75, 3.05) is 32.0 Å². The Bertz CT molecular complexity index is 644. The molecule has 1 fully saturated rings. The van der Waals surface area contributed by atoms with Gasteiger partial charge in [0.05, 0.1) is 5.56 Å². The standard InChI is InChI=1S/C17H21N5O/c1-22-8-7-13(12-22)9-18-16(23)14-10-19-17(20-11-14)21-15-5-3-2-4-6-15/h2-6,10-11,13H,7-9,12H2,1H3,(H,18,23)(H,19,20,21)/t13-/m1/s1. The normalized spacial score (nSPS) is 17.9. The summed E-state index contributed by atoms with van der Waals surface area (Å²) in [6.45, 7) is 2.84. The molecule has 2 heterocycles. The molecule has 3 rings (SSSR count). The fourth-order valence-corrected chi connectivity index (χ4v) is 2.69. The van der Waals surface area contributed by atoms with E-state index in [2.05, 4.69) is 32.5 Å². The zero-order chi connectivity index (χ0) is 16.1. The molecule has 0 spiro atoms. The second-order valence-electron chi connectivity index (χ2n) is 5.91. The third-order valence-electron chi connectivity index (χ3n) is 3.98. The molecular weight excluding hydrogens is 290 g/mol. The predicted molar refractivity (Wildman–Crippen MR) is 89.7 cm³/mol. The lowest BCUT2D eigenvalue weighted by Crippen LogP contribution is -2.30. The van der Waals surface area contributed by atoms with Gasteiger partial charge in [0.2, 0.25) is 5.95 Å². The summed E-state index contributed by atoms with van der Waals surface area (Å²) in [5.41, 5.74) is 1.39. The first kappa shape index (κ1) is 15.4. The first-order valence-electron chi connectivity index (χ1n) is 7.81. The minimum Gasteiger partial charge on any atom is -0.352 e. The number of para-hydroxylation sites is 1. The number of likely N-dealkylation sites (tertiary alicyclic amines) is 1. The Balaban J connectivity index is 1.53. The van der Waals surface area contributed by atoms with E-state index in [1.165, 1.54) is 0 Å². The van der Waals surface area contributed by atoms with Gasteiger partial charge < -0.3 is 15.5 Å². The van der Waals surface area contributed by atoms with Crippen molar-refractivity contribution >= 4 is 17.5 Å². The molecule has 1 atom stereocenters. The number of carbonyl (C=O) groups is 1. The lowest BCUT2D eigenvalue weighted by molar-refractivity contribution is 0.0947. The monoisotopic (exact) mass is 311 g/mol. The van der Waals surface area contributed by atoms with E-state index in [9.17, 15) is 4.79 Å². The number of amides is 1. The summed E-state index contributed by atoms with van der Waals surface area (Å²) >= 11 is 0. The van der Waals surface area contributed by atoms with Crippen LogP contribution in [0.3, 0.4) is 0 Å². The van der Waals surface area contributed by atoms with Gasteiger partial charge in [-0.05, 0) is 38.1 Å². The van der Waals surface area contributed by atoms with E-state index < -0.39 is 0 Å². The molecule has 1 amide bonds. The van der Waals surface area contributed by atoms with Crippen molar-refractivity contribution in [1.82, 2.24) is 20.2 Å². The van der Waals surface area contributed by atoms with Gasteiger partial charge in [0.1, 0.15) is 0 Å². The summed E-state index contributed by atoms with van der Waals surface area (Å²) in [5.74, 6) is 0.889. The SMILES string of the molecule is CN1CC[C@H](CNC(=O)c2cnc(Nc3ccccc3)nc2)C1. The predicted octanol–water partition coefficient (Wildman–Crippen LogP) is 1.90. The van der Waals surface area contributed by atoms with Gasteiger partial charge in [-0.1, -0.05) is 18.2 Å². The Morgan fingerprint density at radius 3 is 2.65 bits per heavy atom. The van der Waals surface area contributed by atoms with Gasteiger partial charge in [0.15, 0.2) is 0 Å². The second kappa shape index (κ2) is 7.19. The molecule has 1 aromatic carbocycles. The van der Waals surface area contributed by atoms with Gasteiger partial charge in [-0.15, -0.1) is 0 Å². The van der Waals surface area contributed by atoms with Gasteiger partial charge in [-0.3, -0.25) is 4.79 Å². The van der Waals surface area contributed by atoms with Crippen LogP contribution < -0.4 is 10.6 Å². The Kier molecular flexibility index (Phi) is 4.83. The molecule has 6 heteroatoms. The number of carbonyl (C=O) groups excluding carboxylic acids is 1. The van der Waals surface area contributed by atoms with Crippen molar-refractivity contribution in [3.63, 3.8) is 0 Å². The number of anilines is 2. The van der Waals surface area contributed by atoms with Crippen molar-refractivity contribution in [1.29, 1.82) is 0 Å². The average molecular weight is 311 g/mol. The first-order chi connectivity index (χ1) is 11.2. The number of benzene rings is 1. The molecule has 1 aromatic heterocycles. The fraction of sp³-hybridized carbons (Fsp3) is 0.353. The molecule has 2 N–H and O–H groups in total. The van der Waals surface area contributed by atoms with Crippen LogP contribution in [0.2, 0.25) is 0 Å². The maximum absolute atomic E-state index is 12.1.